The summed E-state index contributed by atoms with van der Waals surface area (Å²) < 4.78 is 2.00. The van der Waals surface area contributed by atoms with Crippen molar-refractivity contribution in [3.63, 3.8) is 0 Å². The molecule has 2 heterocycles. The zero-order valence-electron chi connectivity index (χ0n) is 20.8. The Hall–Kier alpha value is -4.09. The van der Waals surface area contributed by atoms with Gasteiger partial charge in [-0.1, -0.05) is 48.5 Å². The van der Waals surface area contributed by atoms with Gasteiger partial charge in [0, 0.05) is 37.1 Å². The Morgan fingerprint density at radius 3 is 2.25 bits per heavy atom. The minimum absolute atomic E-state index is 0.0617. The Labute approximate surface area is 211 Å². The van der Waals surface area contributed by atoms with Crippen LogP contribution in [0.3, 0.4) is 0 Å². The van der Waals surface area contributed by atoms with Gasteiger partial charge in [-0.3, -0.25) is 9.69 Å². The second-order valence-electron chi connectivity index (χ2n) is 9.18. The molecule has 1 aromatic heterocycles. The summed E-state index contributed by atoms with van der Waals surface area (Å²) in [6, 6.07) is 21.4. The first kappa shape index (κ1) is 25.0. The first-order chi connectivity index (χ1) is 17.4. The molecule has 2 aromatic carbocycles. The molecular formula is C28H32N6O2. The quantitative estimate of drug-likeness (QED) is 0.467. The highest BCUT2D eigenvalue weighted by Gasteiger charge is 2.24. The molecule has 1 fully saturated rings. The fraction of sp³-hybridized carbons (Fsp3) is 0.321. The number of piperidine rings is 1. The number of nitrogens with zero attached hydrogens (tertiary/aromatic N) is 3. The lowest BCUT2D eigenvalue weighted by molar-refractivity contribution is -0.117. The highest BCUT2D eigenvalue weighted by molar-refractivity contribution is 5.93. The molecule has 3 amide bonds. The van der Waals surface area contributed by atoms with Crippen LogP contribution in [-0.2, 0) is 11.3 Å². The number of benzene rings is 2. The molecule has 0 bridgehead atoms. The fourth-order valence-electron chi connectivity index (χ4n) is 4.58. The van der Waals surface area contributed by atoms with Crippen LogP contribution in [-0.4, -0.2) is 47.1 Å². The Kier molecular flexibility index (Phi) is 8.03. The Morgan fingerprint density at radius 1 is 0.972 bits per heavy atom. The van der Waals surface area contributed by atoms with E-state index in [2.05, 4.69) is 26.9 Å². The number of anilines is 2. The number of likely N-dealkylation sites (tertiary alicyclic amines) is 1. The smallest absolute Gasteiger partial charge is 0.319 e. The maximum Gasteiger partial charge on any atom is 0.319 e. The lowest BCUT2D eigenvalue weighted by Crippen LogP contribution is -2.47. The van der Waals surface area contributed by atoms with Crippen molar-refractivity contribution in [3.8, 4) is 6.07 Å². The van der Waals surface area contributed by atoms with Crippen LogP contribution in [0.4, 0.5) is 16.3 Å². The van der Waals surface area contributed by atoms with Crippen LogP contribution in [0.5, 0.6) is 0 Å². The zero-order chi connectivity index (χ0) is 25.5. The Bertz CT molecular complexity index is 1240. The number of hydrogen-bond acceptors (Lipinski definition) is 4. The van der Waals surface area contributed by atoms with Crippen LogP contribution in [0.15, 0.2) is 60.7 Å². The van der Waals surface area contributed by atoms with Gasteiger partial charge in [0.1, 0.15) is 11.9 Å². The molecule has 0 saturated carbocycles. The molecular weight excluding hydrogens is 452 g/mol. The third kappa shape index (κ3) is 6.12. The molecule has 0 aliphatic carbocycles. The van der Waals surface area contributed by atoms with E-state index in [0.29, 0.717) is 31.0 Å². The van der Waals surface area contributed by atoms with Gasteiger partial charge in [-0.05, 0) is 49.9 Å². The second kappa shape index (κ2) is 11.6. The van der Waals surface area contributed by atoms with E-state index in [-0.39, 0.29) is 24.5 Å². The van der Waals surface area contributed by atoms with E-state index in [1.165, 1.54) is 0 Å². The highest BCUT2D eigenvalue weighted by Crippen LogP contribution is 2.27. The SMILES string of the molecule is Cc1c(C#N)c(NC(=O)CN2CCC(NC(=O)Nc3ccccc3)CC2)n(Cc2ccccc2)c1C. The van der Waals surface area contributed by atoms with Gasteiger partial charge in [-0.15, -0.1) is 0 Å². The van der Waals surface area contributed by atoms with E-state index in [0.717, 1.165) is 35.3 Å². The van der Waals surface area contributed by atoms with Crippen molar-refractivity contribution in [2.45, 2.75) is 39.3 Å². The van der Waals surface area contributed by atoms with Crippen LogP contribution in [0, 0.1) is 25.2 Å². The van der Waals surface area contributed by atoms with Gasteiger partial charge in [0.25, 0.3) is 0 Å². The number of urea groups is 1. The molecule has 4 rings (SSSR count). The van der Waals surface area contributed by atoms with Gasteiger partial charge >= 0.3 is 6.03 Å². The Morgan fingerprint density at radius 2 is 1.61 bits per heavy atom. The first-order valence-electron chi connectivity index (χ1n) is 12.2. The maximum atomic E-state index is 13.0. The molecule has 8 heteroatoms. The number of nitrogens with one attached hydrogen (secondary N) is 3. The van der Waals surface area contributed by atoms with Crippen molar-refractivity contribution in [1.82, 2.24) is 14.8 Å². The van der Waals surface area contributed by atoms with Crippen LogP contribution in [0.2, 0.25) is 0 Å². The average Bonchev–Trinajstić information content (AvgIpc) is 3.10. The topological polar surface area (TPSA) is 102 Å². The Balaban J connectivity index is 1.32. The van der Waals surface area contributed by atoms with E-state index in [9.17, 15) is 14.9 Å². The second-order valence-corrected chi connectivity index (χ2v) is 9.18. The molecule has 1 aliphatic rings. The summed E-state index contributed by atoms with van der Waals surface area (Å²) in [6.07, 6.45) is 1.53. The number of aromatic nitrogens is 1. The van der Waals surface area contributed by atoms with E-state index in [1.54, 1.807) is 0 Å². The van der Waals surface area contributed by atoms with E-state index in [1.807, 2.05) is 79.1 Å². The summed E-state index contributed by atoms with van der Waals surface area (Å²) in [5.41, 5.74) is 4.20. The van der Waals surface area contributed by atoms with Crippen LogP contribution in [0.25, 0.3) is 0 Å². The van der Waals surface area contributed by atoms with Crippen molar-refractivity contribution in [3.05, 3.63) is 83.0 Å². The molecule has 0 atom stereocenters. The van der Waals surface area contributed by atoms with Crippen molar-refractivity contribution >= 4 is 23.4 Å². The highest BCUT2D eigenvalue weighted by atomic mass is 16.2. The molecule has 1 aliphatic heterocycles. The van der Waals surface area contributed by atoms with Gasteiger partial charge in [-0.25, -0.2) is 4.79 Å². The standard InChI is InChI=1S/C28H32N6O2/c1-20-21(2)34(18-22-9-5-3-6-10-22)27(25(20)17-29)32-26(35)19-33-15-13-24(14-16-33)31-28(36)30-23-11-7-4-8-12-23/h3-12,24H,13-16,18-19H2,1-2H3,(H,32,35)(H2,30,31,36). The lowest BCUT2D eigenvalue weighted by atomic mass is 10.1. The predicted octanol–water partition coefficient (Wildman–Crippen LogP) is 4.25. The van der Waals surface area contributed by atoms with Gasteiger partial charge < -0.3 is 20.5 Å². The molecule has 0 unspecified atom stereocenters. The molecule has 3 aromatic rings. The number of amides is 3. The van der Waals surface area contributed by atoms with Crippen LogP contribution >= 0.6 is 0 Å². The van der Waals surface area contributed by atoms with Crippen molar-refractivity contribution in [2.75, 3.05) is 30.3 Å². The van der Waals surface area contributed by atoms with E-state index >= 15 is 0 Å². The number of hydrogen-bond donors (Lipinski definition) is 3. The largest absolute Gasteiger partial charge is 0.335 e. The molecule has 0 radical (unpaired) electrons. The molecule has 36 heavy (non-hydrogen) atoms. The van der Waals surface area contributed by atoms with Crippen molar-refractivity contribution in [2.24, 2.45) is 0 Å². The molecule has 8 nitrogen and oxygen atoms in total. The van der Waals surface area contributed by atoms with Crippen LogP contribution < -0.4 is 16.0 Å². The van der Waals surface area contributed by atoms with Crippen LogP contribution in [0.1, 0.15) is 35.2 Å². The number of nitriles is 1. The molecule has 0 spiro atoms. The summed E-state index contributed by atoms with van der Waals surface area (Å²) >= 11 is 0. The normalized spacial score (nSPS) is 14.1. The molecule has 1 saturated heterocycles. The minimum Gasteiger partial charge on any atom is -0.335 e. The zero-order valence-corrected chi connectivity index (χ0v) is 20.8. The third-order valence-electron chi connectivity index (χ3n) is 6.70. The van der Waals surface area contributed by atoms with Gasteiger partial charge in [0.15, 0.2) is 0 Å². The van der Waals surface area contributed by atoms with E-state index < -0.39 is 0 Å². The summed E-state index contributed by atoms with van der Waals surface area (Å²) in [4.78, 5) is 27.3. The van der Waals surface area contributed by atoms with Crippen molar-refractivity contribution < 1.29 is 9.59 Å². The van der Waals surface area contributed by atoms with Gasteiger partial charge in [0.05, 0.1) is 12.1 Å². The molecule has 3 N–H and O–H groups in total. The summed E-state index contributed by atoms with van der Waals surface area (Å²) in [6.45, 7) is 6.11. The summed E-state index contributed by atoms with van der Waals surface area (Å²) in [5, 5.41) is 18.6. The lowest BCUT2D eigenvalue weighted by Gasteiger charge is -2.31. The molecule has 186 valence electrons. The van der Waals surface area contributed by atoms with Gasteiger partial charge in [-0.2, -0.15) is 5.26 Å². The maximum absolute atomic E-state index is 13.0. The number of rotatable bonds is 7. The average molecular weight is 485 g/mol. The van der Waals surface area contributed by atoms with Crippen molar-refractivity contribution in [1.29, 1.82) is 5.26 Å². The fourth-order valence-corrected chi connectivity index (χ4v) is 4.58. The first-order valence-corrected chi connectivity index (χ1v) is 12.2. The van der Waals surface area contributed by atoms with Gasteiger partial charge in [0.2, 0.25) is 5.91 Å². The number of carbonyl (C=O) groups excluding carboxylic acids is 2. The number of para-hydroxylation sites is 1. The minimum atomic E-state index is -0.216. The number of carbonyl (C=O) groups is 2. The summed E-state index contributed by atoms with van der Waals surface area (Å²) in [5.74, 6) is 0.405. The predicted molar refractivity (Wildman–Crippen MR) is 141 cm³/mol. The monoisotopic (exact) mass is 484 g/mol. The third-order valence-corrected chi connectivity index (χ3v) is 6.70. The summed E-state index contributed by atoms with van der Waals surface area (Å²) in [7, 11) is 0. The van der Waals surface area contributed by atoms with E-state index in [4.69, 9.17) is 0 Å².